The van der Waals surface area contributed by atoms with E-state index in [4.69, 9.17) is 0 Å². The third kappa shape index (κ3) is 1.52. The van der Waals surface area contributed by atoms with Crippen molar-refractivity contribution in [3.05, 3.63) is 0 Å². The quantitative estimate of drug-likeness (QED) is 0.613. The van der Waals surface area contributed by atoms with Gasteiger partial charge in [-0.2, -0.15) is 0 Å². The fourth-order valence-corrected chi connectivity index (χ4v) is 4.65. The van der Waals surface area contributed by atoms with Crippen LogP contribution in [-0.4, -0.2) is 71.0 Å². The van der Waals surface area contributed by atoms with Crippen molar-refractivity contribution in [3.8, 4) is 0 Å². The van der Waals surface area contributed by atoms with Gasteiger partial charge in [0.05, 0.1) is 0 Å². The maximum atomic E-state index is 12.4. The molecule has 5 aliphatic heterocycles. The van der Waals surface area contributed by atoms with Gasteiger partial charge < -0.3 is 10.6 Å². The molecule has 8 atom stereocenters. The van der Waals surface area contributed by atoms with Crippen molar-refractivity contribution in [1.82, 2.24) is 20.4 Å². The third-order valence-electron chi connectivity index (χ3n) is 5.89. The predicted molar refractivity (Wildman–Crippen MR) is 70.9 cm³/mol. The van der Waals surface area contributed by atoms with Crippen LogP contribution in [0.15, 0.2) is 0 Å². The van der Waals surface area contributed by atoms with E-state index >= 15 is 0 Å². The van der Waals surface area contributed by atoms with Gasteiger partial charge in [-0.15, -0.1) is 0 Å². The van der Waals surface area contributed by atoms with E-state index in [1.54, 1.807) is 0 Å². The average molecular weight is 276 g/mol. The largest absolute Gasteiger partial charge is 0.341 e. The molecule has 0 aromatic rings. The zero-order valence-electron chi connectivity index (χ0n) is 11.4. The van der Waals surface area contributed by atoms with Gasteiger partial charge in [0.2, 0.25) is 11.8 Å². The Bertz CT molecular complexity index is 452. The second kappa shape index (κ2) is 3.74. The van der Waals surface area contributed by atoms with Crippen LogP contribution in [0, 0.1) is 0 Å². The number of carbonyl (C=O) groups excluding carboxylic acids is 2. The van der Waals surface area contributed by atoms with Crippen LogP contribution in [-0.2, 0) is 9.59 Å². The van der Waals surface area contributed by atoms with E-state index in [-0.39, 0.29) is 36.0 Å². The number of hydrogen-bond acceptors (Lipinski definition) is 4. The van der Waals surface area contributed by atoms with Crippen LogP contribution in [0.4, 0.5) is 0 Å². The number of amides is 2. The van der Waals surface area contributed by atoms with Gasteiger partial charge in [-0.3, -0.25) is 19.4 Å². The monoisotopic (exact) mass is 276 g/mol. The first kappa shape index (κ1) is 11.5. The Labute approximate surface area is 117 Å². The smallest absolute Gasteiger partial charge is 0.244 e. The summed E-state index contributed by atoms with van der Waals surface area (Å²) in [6.45, 7) is 2.21. The van der Waals surface area contributed by atoms with Crippen LogP contribution in [0.3, 0.4) is 0 Å². The molecule has 0 aromatic heterocycles. The van der Waals surface area contributed by atoms with Gasteiger partial charge in [0.1, 0.15) is 12.1 Å². The summed E-state index contributed by atoms with van der Waals surface area (Å²) in [6.07, 6.45) is 4.41. The lowest BCUT2D eigenvalue weighted by Gasteiger charge is -2.36. The van der Waals surface area contributed by atoms with Crippen molar-refractivity contribution in [1.29, 1.82) is 0 Å². The number of carbonyl (C=O) groups is 2. The Kier molecular flexibility index (Phi) is 2.15. The van der Waals surface area contributed by atoms with Gasteiger partial charge >= 0.3 is 0 Å². The van der Waals surface area contributed by atoms with E-state index < -0.39 is 0 Å². The Morgan fingerprint density at radius 1 is 0.750 bits per heavy atom. The first-order valence-electron chi connectivity index (χ1n) is 7.84. The Morgan fingerprint density at radius 2 is 1.20 bits per heavy atom. The van der Waals surface area contributed by atoms with E-state index in [0.29, 0.717) is 12.1 Å². The molecule has 0 spiro atoms. The minimum Gasteiger partial charge on any atom is -0.341 e. The minimum absolute atomic E-state index is 0.0254. The summed E-state index contributed by atoms with van der Waals surface area (Å²) in [5.74, 6) is 0.0508. The molecule has 5 saturated heterocycles. The van der Waals surface area contributed by atoms with Gasteiger partial charge in [-0.1, -0.05) is 0 Å². The highest BCUT2D eigenvalue weighted by Crippen LogP contribution is 2.39. The molecule has 0 aromatic carbocycles. The molecule has 5 aliphatic rings. The molecule has 0 saturated carbocycles. The number of nitrogens with zero attached hydrogens (tertiary/aromatic N) is 2. The standard InChI is InChI=1S/C14H20N4O2/c19-13-11(9-3-1-7-5-17(7)9)15-14(20)12(16-13)10-4-2-8-6-18(8)10/h7-12H,1-6H2,(H,15,20)(H,16,19)/t7-,8-,9-,10-,11+,12+,17?,18?/m0/s1. The van der Waals surface area contributed by atoms with Gasteiger partial charge in [-0.05, 0) is 25.7 Å². The molecule has 20 heavy (non-hydrogen) atoms. The Morgan fingerprint density at radius 3 is 1.50 bits per heavy atom. The van der Waals surface area contributed by atoms with Crippen molar-refractivity contribution in [3.63, 3.8) is 0 Å². The fraction of sp³-hybridized carbons (Fsp3) is 0.857. The first-order chi connectivity index (χ1) is 9.72. The average Bonchev–Trinajstić information content (AvgIpc) is 3.32. The van der Waals surface area contributed by atoms with E-state index in [1.165, 1.54) is 12.8 Å². The summed E-state index contributed by atoms with van der Waals surface area (Å²) < 4.78 is 0. The molecule has 0 aliphatic carbocycles. The lowest BCUT2D eigenvalue weighted by atomic mass is 9.96. The summed E-state index contributed by atoms with van der Waals surface area (Å²) in [7, 11) is 0. The maximum absolute atomic E-state index is 12.4. The molecule has 0 bridgehead atoms. The molecule has 2 N–H and O–H groups in total. The summed E-state index contributed by atoms with van der Waals surface area (Å²) in [5.41, 5.74) is 0. The number of fused-ring (bicyclic) bond motifs is 2. The zero-order chi connectivity index (χ0) is 13.4. The first-order valence-corrected chi connectivity index (χ1v) is 7.84. The topological polar surface area (TPSA) is 64.2 Å². The normalized spacial score (nSPS) is 55.8. The van der Waals surface area contributed by atoms with Crippen LogP contribution < -0.4 is 10.6 Å². The predicted octanol–water partition coefficient (Wildman–Crippen LogP) is -1.34. The molecular formula is C14H20N4O2. The third-order valence-corrected chi connectivity index (χ3v) is 5.89. The lowest BCUT2D eigenvalue weighted by Crippen LogP contribution is -2.68. The molecule has 5 rings (SSSR count). The van der Waals surface area contributed by atoms with Crippen LogP contribution in [0.25, 0.3) is 0 Å². The molecule has 6 nitrogen and oxygen atoms in total. The van der Waals surface area contributed by atoms with Gasteiger partial charge in [0.25, 0.3) is 0 Å². The van der Waals surface area contributed by atoms with Crippen molar-refractivity contribution in [2.75, 3.05) is 13.1 Å². The highest BCUT2D eigenvalue weighted by molar-refractivity contribution is 5.98. The molecule has 108 valence electrons. The summed E-state index contributed by atoms with van der Waals surface area (Å²) in [4.78, 5) is 29.5. The van der Waals surface area contributed by atoms with Crippen molar-refractivity contribution in [2.24, 2.45) is 0 Å². The summed E-state index contributed by atoms with van der Waals surface area (Å²) in [6, 6.07) is 1.13. The second-order valence-electron chi connectivity index (χ2n) is 6.96. The SMILES string of the molecule is O=C1N[C@H]([C@@H]2CC[C@H]3CN32)C(=O)N[C@@H]1[C@@H]1CC[C@H]2CN21. The molecule has 2 unspecified atom stereocenters. The molecule has 6 heteroatoms. The highest BCUT2D eigenvalue weighted by atomic mass is 16.2. The number of piperidine rings is 2. The van der Waals surface area contributed by atoms with E-state index in [2.05, 4.69) is 20.4 Å². The number of hydrogen-bond donors (Lipinski definition) is 2. The summed E-state index contributed by atoms with van der Waals surface area (Å²) >= 11 is 0. The van der Waals surface area contributed by atoms with Gasteiger partial charge in [0, 0.05) is 37.3 Å². The fourth-order valence-electron chi connectivity index (χ4n) is 4.65. The number of piperazine rings is 1. The minimum atomic E-state index is -0.336. The van der Waals surface area contributed by atoms with Crippen LogP contribution in [0.1, 0.15) is 25.7 Å². The van der Waals surface area contributed by atoms with E-state index in [9.17, 15) is 9.59 Å². The maximum Gasteiger partial charge on any atom is 0.244 e. The van der Waals surface area contributed by atoms with Gasteiger partial charge in [-0.25, -0.2) is 0 Å². The molecule has 5 heterocycles. The Hall–Kier alpha value is -1.14. The van der Waals surface area contributed by atoms with Crippen molar-refractivity contribution >= 4 is 11.8 Å². The number of rotatable bonds is 2. The van der Waals surface area contributed by atoms with Crippen LogP contribution >= 0.6 is 0 Å². The van der Waals surface area contributed by atoms with E-state index in [1.807, 2.05) is 0 Å². The highest BCUT2D eigenvalue weighted by Gasteiger charge is 2.55. The molecule has 2 amide bonds. The Balaban J connectivity index is 1.32. The summed E-state index contributed by atoms with van der Waals surface area (Å²) in [5, 5.41) is 6.02. The lowest BCUT2D eigenvalue weighted by molar-refractivity contribution is -0.139. The van der Waals surface area contributed by atoms with Crippen LogP contribution in [0.5, 0.6) is 0 Å². The number of nitrogens with one attached hydrogen (secondary N) is 2. The molecule has 0 radical (unpaired) electrons. The second-order valence-corrected chi connectivity index (χ2v) is 6.96. The van der Waals surface area contributed by atoms with Crippen molar-refractivity contribution < 1.29 is 9.59 Å². The molecule has 5 fully saturated rings. The van der Waals surface area contributed by atoms with E-state index in [0.717, 1.165) is 25.9 Å². The van der Waals surface area contributed by atoms with Gasteiger partial charge in [0.15, 0.2) is 0 Å². The van der Waals surface area contributed by atoms with Crippen molar-refractivity contribution in [2.45, 2.75) is 61.9 Å². The molecular weight excluding hydrogens is 256 g/mol. The zero-order valence-corrected chi connectivity index (χ0v) is 11.4. The van der Waals surface area contributed by atoms with Crippen LogP contribution in [0.2, 0.25) is 0 Å².